The zero-order chi connectivity index (χ0) is 18.5. The van der Waals surface area contributed by atoms with E-state index in [1.807, 2.05) is 44.2 Å². The first-order valence-corrected chi connectivity index (χ1v) is 8.57. The van der Waals surface area contributed by atoms with Crippen molar-refractivity contribution in [3.05, 3.63) is 82.4 Å². The second kappa shape index (κ2) is 7.97. The van der Waals surface area contributed by atoms with Crippen molar-refractivity contribution in [1.82, 2.24) is 15.3 Å². The molecule has 3 rings (SSSR count). The molecule has 0 spiro atoms. The molecule has 3 aromatic rings. The van der Waals surface area contributed by atoms with E-state index < -0.39 is 0 Å². The van der Waals surface area contributed by atoms with E-state index in [2.05, 4.69) is 20.6 Å². The lowest BCUT2D eigenvalue weighted by Gasteiger charge is -2.13. The summed E-state index contributed by atoms with van der Waals surface area (Å²) in [5, 5.41) is 6.72. The molecule has 2 heterocycles. The van der Waals surface area contributed by atoms with Crippen LogP contribution >= 0.6 is 11.6 Å². The number of benzene rings is 1. The van der Waals surface area contributed by atoms with Crippen LogP contribution in [0.1, 0.15) is 27.2 Å². The van der Waals surface area contributed by atoms with Crippen LogP contribution < -0.4 is 10.6 Å². The first kappa shape index (κ1) is 17.9. The molecule has 2 aromatic heterocycles. The zero-order valence-corrected chi connectivity index (χ0v) is 15.3. The summed E-state index contributed by atoms with van der Waals surface area (Å²) in [4.78, 5) is 20.7. The van der Waals surface area contributed by atoms with Gasteiger partial charge in [-0.2, -0.15) is 0 Å². The normalized spacial score (nSPS) is 10.4. The number of nitrogens with one attached hydrogen (secondary N) is 2. The number of aromatic nitrogens is 2. The Morgan fingerprint density at radius 1 is 1.15 bits per heavy atom. The molecule has 0 aliphatic rings. The number of hydrogen-bond acceptors (Lipinski definition) is 4. The summed E-state index contributed by atoms with van der Waals surface area (Å²) in [5.74, 6) is -0.210. The van der Waals surface area contributed by atoms with Crippen LogP contribution in [0.2, 0.25) is 5.02 Å². The van der Waals surface area contributed by atoms with Gasteiger partial charge in [-0.15, -0.1) is 0 Å². The third-order valence-corrected chi connectivity index (χ3v) is 4.16. The van der Waals surface area contributed by atoms with E-state index in [9.17, 15) is 4.79 Å². The Morgan fingerprint density at radius 2 is 2.00 bits per heavy atom. The average molecular weight is 367 g/mol. The number of halogens is 1. The number of aryl methyl sites for hydroxylation is 2. The first-order valence-electron chi connectivity index (χ1n) is 8.20. The lowest BCUT2D eigenvalue weighted by molar-refractivity contribution is 0.0950. The Bertz CT molecular complexity index is 905. The Morgan fingerprint density at radius 3 is 2.73 bits per heavy atom. The van der Waals surface area contributed by atoms with Crippen LogP contribution in [0.5, 0.6) is 0 Å². The molecule has 0 aliphatic heterocycles. The average Bonchev–Trinajstić information content (AvgIpc) is 2.64. The van der Waals surface area contributed by atoms with Gasteiger partial charge in [0, 0.05) is 12.4 Å². The number of rotatable bonds is 5. The zero-order valence-electron chi connectivity index (χ0n) is 14.6. The molecule has 0 atom stereocenters. The molecule has 5 nitrogen and oxygen atoms in total. The van der Waals surface area contributed by atoms with Crippen molar-refractivity contribution >= 4 is 28.9 Å². The minimum Gasteiger partial charge on any atom is -0.353 e. The monoisotopic (exact) mass is 366 g/mol. The molecule has 0 saturated carbocycles. The number of hydrogen-bond donors (Lipinski definition) is 2. The Hall–Kier alpha value is -2.92. The Kier molecular flexibility index (Phi) is 5.49. The molecular formula is C20H19ClN4O. The third-order valence-electron chi connectivity index (χ3n) is 3.86. The van der Waals surface area contributed by atoms with Crippen molar-refractivity contribution in [1.29, 1.82) is 0 Å². The molecule has 0 radical (unpaired) electrons. The van der Waals surface area contributed by atoms with Crippen molar-refractivity contribution in [2.75, 3.05) is 5.32 Å². The number of nitrogens with zero attached hydrogens (tertiary/aromatic N) is 2. The standard InChI is InChI=1S/C20H19ClN4O/c1-13-7-14(2)19(18(21)8-13)25-17-9-15(10-22-11-17)20(26)24-12-16-5-3-4-6-23-16/h3-11,25H,12H2,1-2H3,(H,24,26). The highest BCUT2D eigenvalue weighted by Gasteiger charge is 2.10. The van der Waals surface area contributed by atoms with Crippen molar-refractivity contribution in [3.8, 4) is 0 Å². The number of amides is 1. The van der Waals surface area contributed by atoms with Gasteiger partial charge in [0.25, 0.3) is 5.91 Å². The van der Waals surface area contributed by atoms with Crippen LogP contribution in [-0.2, 0) is 6.54 Å². The maximum atomic E-state index is 12.4. The summed E-state index contributed by atoms with van der Waals surface area (Å²) in [6.45, 7) is 4.34. The fourth-order valence-corrected chi connectivity index (χ4v) is 2.99. The molecule has 1 amide bonds. The van der Waals surface area contributed by atoms with E-state index in [4.69, 9.17) is 11.6 Å². The molecular weight excluding hydrogens is 348 g/mol. The van der Waals surface area contributed by atoms with E-state index in [1.165, 1.54) is 6.20 Å². The van der Waals surface area contributed by atoms with Crippen molar-refractivity contribution < 1.29 is 4.79 Å². The molecule has 0 fully saturated rings. The third kappa shape index (κ3) is 4.37. The lowest BCUT2D eigenvalue weighted by atomic mass is 10.1. The smallest absolute Gasteiger partial charge is 0.253 e. The van der Waals surface area contributed by atoms with E-state index in [0.717, 1.165) is 22.5 Å². The van der Waals surface area contributed by atoms with Gasteiger partial charge in [-0.1, -0.05) is 23.7 Å². The van der Waals surface area contributed by atoms with Crippen LogP contribution in [0.4, 0.5) is 11.4 Å². The molecule has 0 saturated heterocycles. The fourth-order valence-electron chi connectivity index (χ4n) is 2.63. The van der Waals surface area contributed by atoms with Gasteiger partial charge < -0.3 is 10.6 Å². The fraction of sp³-hybridized carbons (Fsp3) is 0.150. The quantitative estimate of drug-likeness (QED) is 0.701. The first-order chi connectivity index (χ1) is 12.5. The number of carbonyl (C=O) groups is 1. The molecule has 0 aliphatic carbocycles. The molecule has 0 unspecified atom stereocenters. The number of pyridine rings is 2. The minimum atomic E-state index is -0.210. The Labute approximate surface area is 157 Å². The number of carbonyl (C=O) groups excluding carboxylic acids is 1. The topological polar surface area (TPSA) is 66.9 Å². The SMILES string of the molecule is Cc1cc(C)c(Nc2cncc(C(=O)NCc3ccccn3)c2)c(Cl)c1. The largest absolute Gasteiger partial charge is 0.353 e. The summed E-state index contributed by atoms with van der Waals surface area (Å²) >= 11 is 6.34. The van der Waals surface area contributed by atoms with Gasteiger partial charge in [-0.05, 0) is 49.2 Å². The predicted molar refractivity (Wildman–Crippen MR) is 104 cm³/mol. The van der Waals surface area contributed by atoms with Gasteiger partial charge in [-0.25, -0.2) is 0 Å². The van der Waals surface area contributed by atoms with Crippen molar-refractivity contribution in [2.45, 2.75) is 20.4 Å². The predicted octanol–water partition coefficient (Wildman–Crippen LogP) is 4.42. The maximum absolute atomic E-state index is 12.4. The Balaban J connectivity index is 1.73. The summed E-state index contributed by atoms with van der Waals surface area (Å²) in [7, 11) is 0. The van der Waals surface area contributed by atoms with Gasteiger partial charge in [0.15, 0.2) is 0 Å². The van der Waals surface area contributed by atoms with Gasteiger partial charge in [0.1, 0.15) is 0 Å². The second-order valence-corrected chi connectivity index (χ2v) is 6.44. The highest BCUT2D eigenvalue weighted by molar-refractivity contribution is 6.33. The van der Waals surface area contributed by atoms with Crippen LogP contribution in [-0.4, -0.2) is 15.9 Å². The summed E-state index contributed by atoms with van der Waals surface area (Å²) in [6, 6.07) is 11.3. The highest BCUT2D eigenvalue weighted by Crippen LogP contribution is 2.30. The van der Waals surface area contributed by atoms with E-state index in [1.54, 1.807) is 18.5 Å². The van der Waals surface area contributed by atoms with E-state index >= 15 is 0 Å². The van der Waals surface area contributed by atoms with Gasteiger partial charge >= 0.3 is 0 Å². The molecule has 132 valence electrons. The van der Waals surface area contributed by atoms with Crippen molar-refractivity contribution in [3.63, 3.8) is 0 Å². The van der Waals surface area contributed by atoms with Crippen LogP contribution in [0.25, 0.3) is 0 Å². The number of anilines is 2. The summed E-state index contributed by atoms with van der Waals surface area (Å²) in [5.41, 5.74) is 4.89. The van der Waals surface area contributed by atoms with E-state index in [-0.39, 0.29) is 5.91 Å². The minimum absolute atomic E-state index is 0.210. The molecule has 0 bridgehead atoms. The van der Waals surface area contributed by atoms with Gasteiger partial charge in [0.2, 0.25) is 0 Å². The molecule has 6 heteroatoms. The van der Waals surface area contributed by atoms with Gasteiger partial charge in [0.05, 0.1) is 40.4 Å². The summed E-state index contributed by atoms with van der Waals surface area (Å²) in [6.07, 6.45) is 4.88. The summed E-state index contributed by atoms with van der Waals surface area (Å²) < 4.78 is 0. The lowest BCUT2D eigenvalue weighted by Crippen LogP contribution is -2.23. The van der Waals surface area contributed by atoms with Crippen LogP contribution in [0.15, 0.2) is 55.0 Å². The maximum Gasteiger partial charge on any atom is 0.253 e. The molecule has 1 aromatic carbocycles. The second-order valence-electron chi connectivity index (χ2n) is 6.03. The molecule has 2 N–H and O–H groups in total. The van der Waals surface area contributed by atoms with Crippen molar-refractivity contribution in [2.24, 2.45) is 0 Å². The molecule has 26 heavy (non-hydrogen) atoms. The van der Waals surface area contributed by atoms with Crippen LogP contribution in [0, 0.1) is 13.8 Å². The van der Waals surface area contributed by atoms with Gasteiger partial charge in [-0.3, -0.25) is 14.8 Å². The van der Waals surface area contributed by atoms with E-state index in [0.29, 0.717) is 22.8 Å². The highest BCUT2D eigenvalue weighted by atomic mass is 35.5. The van der Waals surface area contributed by atoms with Crippen LogP contribution in [0.3, 0.4) is 0 Å².